The molecule has 0 radical (unpaired) electrons. The number of nitrogens with one attached hydrogen (secondary N) is 1. The van der Waals surface area contributed by atoms with Crippen molar-refractivity contribution in [1.29, 1.82) is 0 Å². The molecule has 0 bridgehead atoms. The second-order valence-corrected chi connectivity index (χ2v) is 4.45. The summed E-state index contributed by atoms with van der Waals surface area (Å²) in [6.45, 7) is 5.98. The van der Waals surface area contributed by atoms with Crippen LogP contribution in [-0.4, -0.2) is 38.3 Å². The molecule has 0 aromatic carbocycles. The van der Waals surface area contributed by atoms with Crippen molar-refractivity contribution in [2.24, 2.45) is 5.92 Å². The third-order valence-electron chi connectivity index (χ3n) is 3.16. The molecule has 94 valence electrons. The molecule has 0 spiro atoms. The number of aromatic nitrogens is 1. The molecule has 1 N–H and O–H groups in total. The Labute approximate surface area is 103 Å². The van der Waals surface area contributed by atoms with E-state index in [-0.39, 0.29) is 0 Å². The Balaban J connectivity index is 1.94. The first-order valence-electron chi connectivity index (χ1n) is 6.32. The van der Waals surface area contributed by atoms with E-state index < -0.39 is 0 Å². The molecule has 1 atom stereocenters. The van der Waals surface area contributed by atoms with Gasteiger partial charge >= 0.3 is 0 Å². The standard InChI is InChI=1S/C13H21N3O/c1-3-17-13-5-4-12(9-15-13)16-7-6-11(10-16)8-14-2/h4-5,9,11,14H,3,6-8,10H2,1-2H3. The second kappa shape index (κ2) is 5.87. The highest BCUT2D eigenvalue weighted by atomic mass is 16.5. The molecule has 1 unspecified atom stereocenters. The number of ether oxygens (including phenoxy) is 1. The zero-order valence-electron chi connectivity index (χ0n) is 10.6. The number of hydrogen-bond donors (Lipinski definition) is 1. The summed E-state index contributed by atoms with van der Waals surface area (Å²) in [6.07, 6.45) is 3.17. The highest BCUT2D eigenvalue weighted by Gasteiger charge is 2.22. The van der Waals surface area contributed by atoms with Crippen molar-refractivity contribution in [2.75, 3.05) is 38.2 Å². The summed E-state index contributed by atoms with van der Waals surface area (Å²) >= 11 is 0. The van der Waals surface area contributed by atoms with Gasteiger partial charge in [0.15, 0.2) is 0 Å². The third-order valence-corrected chi connectivity index (χ3v) is 3.16. The molecule has 1 aliphatic rings. The summed E-state index contributed by atoms with van der Waals surface area (Å²) in [6, 6.07) is 4.05. The first kappa shape index (κ1) is 12.2. The maximum Gasteiger partial charge on any atom is 0.213 e. The van der Waals surface area contributed by atoms with Crippen molar-refractivity contribution >= 4 is 5.69 Å². The average Bonchev–Trinajstić information content (AvgIpc) is 2.80. The van der Waals surface area contributed by atoms with Gasteiger partial charge in [0.25, 0.3) is 0 Å². The van der Waals surface area contributed by atoms with E-state index in [4.69, 9.17) is 4.74 Å². The maximum atomic E-state index is 5.34. The van der Waals surface area contributed by atoms with Crippen molar-refractivity contribution in [2.45, 2.75) is 13.3 Å². The fourth-order valence-corrected chi connectivity index (χ4v) is 2.32. The van der Waals surface area contributed by atoms with Gasteiger partial charge in [0, 0.05) is 19.2 Å². The molecule has 17 heavy (non-hydrogen) atoms. The van der Waals surface area contributed by atoms with Crippen molar-refractivity contribution in [3.8, 4) is 5.88 Å². The SMILES string of the molecule is CCOc1ccc(N2CCC(CNC)C2)cn1. The minimum absolute atomic E-state index is 0.667. The highest BCUT2D eigenvalue weighted by molar-refractivity contribution is 5.46. The summed E-state index contributed by atoms with van der Waals surface area (Å²) in [5.74, 6) is 1.47. The van der Waals surface area contributed by atoms with Gasteiger partial charge in [-0.25, -0.2) is 4.98 Å². The summed E-state index contributed by atoms with van der Waals surface area (Å²) in [4.78, 5) is 6.70. The van der Waals surface area contributed by atoms with Crippen LogP contribution < -0.4 is 15.0 Å². The smallest absolute Gasteiger partial charge is 0.213 e. The number of rotatable bonds is 5. The first-order valence-corrected chi connectivity index (χ1v) is 6.32. The van der Waals surface area contributed by atoms with Gasteiger partial charge in [-0.1, -0.05) is 0 Å². The molecular weight excluding hydrogens is 214 g/mol. The first-order chi connectivity index (χ1) is 8.33. The minimum atomic E-state index is 0.667. The Morgan fingerprint density at radius 1 is 1.53 bits per heavy atom. The lowest BCUT2D eigenvalue weighted by atomic mass is 10.1. The Bertz CT molecular complexity index is 339. The van der Waals surface area contributed by atoms with E-state index in [1.807, 2.05) is 26.2 Å². The average molecular weight is 235 g/mol. The molecule has 1 aliphatic heterocycles. The topological polar surface area (TPSA) is 37.4 Å². The Hall–Kier alpha value is -1.29. The van der Waals surface area contributed by atoms with Crippen LogP contribution in [0.4, 0.5) is 5.69 Å². The molecule has 0 aliphatic carbocycles. The van der Waals surface area contributed by atoms with Gasteiger partial charge in [0.2, 0.25) is 5.88 Å². The van der Waals surface area contributed by atoms with E-state index in [1.165, 1.54) is 12.1 Å². The number of anilines is 1. The Morgan fingerprint density at radius 2 is 2.41 bits per heavy atom. The molecular formula is C13H21N3O. The van der Waals surface area contributed by atoms with Gasteiger partial charge in [0.1, 0.15) is 0 Å². The van der Waals surface area contributed by atoms with Gasteiger partial charge < -0.3 is 15.0 Å². The Kier molecular flexibility index (Phi) is 4.20. The maximum absolute atomic E-state index is 5.34. The molecule has 2 heterocycles. The molecule has 1 fully saturated rings. The van der Waals surface area contributed by atoms with Crippen molar-refractivity contribution < 1.29 is 4.74 Å². The molecule has 0 saturated carbocycles. The lowest BCUT2D eigenvalue weighted by Gasteiger charge is -2.18. The molecule has 1 aromatic rings. The normalized spacial score (nSPS) is 19.6. The van der Waals surface area contributed by atoms with Crippen LogP contribution in [-0.2, 0) is 0 Å². The zero-order valence-corrected chi connectivity index (χ0v) is 10.6. The van der Waals surface area contributed by atoms with E-state index in [0.29, 0.717) is 12.5 Å². The molecule has 4 nitrogen and oxygen atoms in total. The van der Waals surface area contributed by atoms with Gasteiger partial charge in [0.05, 0.1) is 18.5 Å². The van der Waals surface area contributed by atoms with E-state index in [0.717, 1.165) is 25.6 Å². The van der Waals surface area contributed by atoms with E-state index >= 15 is 0 Å². The number of hydrogen-bond acceptors (Lipinski definition) is 4. The van der Waals surface area contributed by atoms with Crippen LogP contribution in [0.1, 0.15) is 13.3 Å². The van der Waals surface area contributed by atoms with Crippen LogP contribution in [0.3, 0.4) is 0 Å². The summed E-state index contributed by atoms with van der Waals surface area (Å²) in [7, 11) is 2.01. The second-order valence-electron chi connectivity index (χ2n) is 4.45. The fourth-order valence-electron chi connectivity index (χ4n) is 2.32. The van der Waals surface area contributed by atoms with Crippen molar-refractivity contribution in [3.05, 3.63) is 18.3 Å². The largest absolute Gasteiger partial charge is 0.478 e. The zero-order chi connectivity index (χ0) is 12.1. The number of pyridine rings is 1. The fraction of sp³-hybridized carbons (Fsp3) is 0.615. The minimum Gasteiger partial charge on any atom is -0.478 e. The van der Waals surface area contributed by atoms with Gasteiger partial charge in [-0.05, 0) is 38.9 Å². The predicted octanol–water partition coefficient (Wildman–Crippen LogP) is 1.53. The van der Waals surface area contributed by atoms with E-state index in [9.17, 15) is 0 Å². The lowest BCUT2D eigenvalue weighted by molar-refractivity contribution is 0.327. The number of nitrogens with zero attached hydrogens (tertiary/aromatic N) is 2. The summed E-state index contributed by atoms with van der Waals surface area (Å²) in [5.41, 5.74) is 1.20. The van der Waals surface area contributed by atoms with Crippen LogP contribution in [0.15, 0.2) is 18.3 Å². The van der Waals surface area contributed by atoms with Gasteiger partial charge in [-0.3, -0.25) is 0 Å². The monoisotopic (exact) mass is 235 g/mol. The summed E-state index contributed by atoms with van der Waals surface area (Å²) < 4.78 is 5.34. The van der Waals surface area contributed by atoms with Crippen LogP contribution in [0.2, 0.25) is 0 Å². The predicted molar refractivity (Wildman–Crippen MR) is 69.7 cm³/mol. The van der Waals surface area contributed by atoms with E-state index in [2.05, 4.69) is 21.3 Å². The van der Waals surface area contributed by atoms with Crippen molar-refractivity contribution in [1.82, 2.24) is 10.3 Å². The van der Waals surface area contributed by atoms with Crippen LogP contribution >= 0.6 is 0 Å². The van der Waals surface area contributed by atoms with Gasteiger partial charge in [-0.15, -0.1) is 0 Å². The van der Waals surface area contributed by atoms with Crippen LogP contribution in [0, 0.1) is 5.92 Å². The molecule has 2 rings (SSSR count). The molecule has 1 aromatic heterocycles. The molecule has 1 saturated heterocycles. The summed E-state index contributed by atoms with van der Waals surface area (Å²) in [5, 5.41) is 3.25. The van der Waals surface area contributed by atoms with Crippen LogP contribution in [0.5, 0.6) is 5.88 Å². The highest BCUT2D eigenvalue weighted by Crippen LogP contribution is 2.23. The van der Waals surface area contributed by atoms with Crippen LogP contribution in [0.25, 0.3) is 0 Å². The van der Waals surface area contributed by atoms with Crippen molar-refractivity contribution in [3.63, 3.8) is 0 Å². The Morgan fingerprint density at radius 3 is 3.06 bits per heavy atom. The quantitative estimate of drug-likeness (QED) is 0.840. The van der Waals surface area contributed by atoms with Gasteiger partial charge in [-0.2, -0.15) is 0 Å². The lowest BCUT2D eigenvalue weighted by Crippen LogP contribution is -2.24. The van der Waals surface area contributed by atoms with E-state index in [1.54, 1.807) is 0 Å². The third kappa shape index (κ3) is 3.09. The molecule has 0 amide bonds. The molecule has 4 heteroatoms.